The van der Waals surface area contributed by atoms with Gasteiger partial charge in [0.2, 0.25) is 5.91 Å². The number of anilines is 3. The Morgan fingerprint density at radius 3 is 2.37 bits per heavy atom. The molecule has 2 amide bonds. The number of carbonyl (C=O) groups excluding carboxylic acids is 4. The second kappa shape index (κ2) is 15.1. The molecule has 0 bridgehead atoms. The van der Waals surface area contributed by atoms with Crippen LogP contribution in [0.4, 0.5) is 21.2 Å². The molecular formula is C33H38N4O6S3. The highest BCUT2D eigenvalue weighted by Crippen LogP contribution is 2.39. The molecule has 0 spiro atoms. The standard InChI is InChI=1S/C33H38N4O6S3/c1-7-25(45-23-10-8-9-22(17-23)35-31(44)34-21-13-11-20(12-14-21)19(2)38)28(39)36-29-27(30(40)42-6)24-15-16-37(18-26(24)46-29)32(41)43-33(3,4)5/h8-14,17,25H,7,15-16,18H2,1-6H3,(H,36,39)(H2,34,35,44). The Morgan fingerprint density at radius 2 is 1.74 bits per heavy atom. The number of carbonyl (C=O) groups is 4. The lowest BCUT2D eigenvalue weighted by atomic mass is 10.0. The summed E-state index contributed by atoms with van der Waals surface area (Å²) in [5.41, 5.74) is 2.60. The van der Waals surface area contributed by atoms with Crippen molar-refractivity contribution in [2.24, 2.45) is 0 Å². The predicted octanol–water partition coefficient (Wildman–Crippen LogP) is 7.35. The summed E-state index contributed by atoms with van der Waals surface area (Å²) >= 11 is 8.15. The molecule has 1 aliphatic rings. The fourth-order valence-corrected chi connectivity index (χ4v) is 7.20. The van der Waals surface area contributed by atoms with Crippen molar-refractivity contribution in [3.63, 3.8) is 0 Å². The van der Waals surface area contributed by atoms with E-state index in [1.165, 1.54) is 37.1 Å². The van der Waals surface area contributed by atoms with Crippen molar-refractivity contribution in [3.8, 4) is 0 Å². The topological polar surface area (TPSA) is 126 Å². The van der Waals surface area contributed by atoms with Gasteiger partial charge in [0.25, 0.3) is 0 Å². The quantitative estimate of drug-likeness (QED) is 0.0913. The Morgan fingerprint density at radius 1 is 1.04 bits per heavy atom. The van der Waals surface area contributed by atoms with Gasteiger partial charge in [-0.2, -0.15) is 0 Å². The fraction of sp³-hybridized carbons (Fsp3) is 0.364. The van der Waals surface area contributed by atoms with Crippen LogP contribution in [0, 0.1) is 0 Å². The van der Waals surface area contributed by atoms with Gasteiger partial charge in [-0.05, 0) is 101 Å². The van der Waals surface area contributed by atoms with Crippen molar-refractivity contribution in [2.75, 3.05) is 29.6 Å². The van der Waals surface area contributed by atoms with E-state index in [-0.39, 0.29) is 18.2 Å². The van der Waals surface area contributed by atoms with Crippen LogP contribution < -0.4 is 16.0 Å². The summed E-state index contributed by atoms with van der Waals surface area (Å²) in [6.07, 6.45) is 0.559. The molecule has 13 heteroatoms. The van der Waals surface area contributed by atoms with Crippen LogP contribution >= 0.6 is 35.3 Å². The van der Waals surface area contributed by atoms with E-state index in [1.807, 2.05) is 52.0 Å². The van der Waals surface area contributed by atoms with Gasteiger partial charge in [0, 0.05) is 33.3 Å². The van der Waals surface area contributed by atoms with Crippen LogP contribution in [-0.2, 0) is 27.2 Å². The number of thiocarbonyl (C=S) groups is 1. The number of fused-ring (bicyclic) bond motifs is 1. The lowest BCUT2D eigenvalue weighted by Gasteiger charge is -2.30. The zero-order valence-corrected chi connectivity index (χ0v) is 29.1. The molecule has 2 heterocycles. The third kappa shape index (κ3) is 9.08. The molecule has 0 aliphatic carbocycles. The van der Waals surface area contributed by atoms with Gasteiger partial charge >= 0.3 is 12.1 Å². The van der Waals surface area contributed by atoms with Gasteiger partial charge in [-0.3, -0.25) is 9.59 Å². The summed E-state index contributed by atoms with van der Waals surface area (Å²) < 4.78 is 10.6. The number of thioether (sulfide) groups is 1. The molecule has 1 aromatic heterocycles. The third-order valence-corrected chi connectivity index (χ3v) is 9.61. The number of hydrogen-bond acceptors (Lipinski definition) is 9. The molecule has 1 aliphatic heterocycles. The van der Waals surface area contributed by atoms with E-state index in [9.17, 15) is 19.2 Å². The molecule has 0 saturated carbocycles. The molecule has 3 aromatic rings. The first-order chi connectivity index (χ1) is 21.8. The van der Waals surface area contributed by atoms with Crippen LogP contribution in [0.1, 0.15) is 72.2 Å². The smallest absolute Gasteiger partial charge is 0.410 e. The summed E-state index contributed by atoms with van der Waals surface area (Å²) in [7, 11) is 1.31. The lowest BCUT2D eigenvalue weighted by Crippen LogP contribution is -2.39. The van der Waals surface area contributed by atoms with Crippen LogP contribution in [0.25, 0.3) is 0 Å². The maximum absolute atomic E-state index is 13.6. The molecule has 46 heavy (non-hydrogen) atoms. The number of ether oxygens (including phenoxy) is 2. The number of thiophene rings is 1. The van der Waals surface area contributed by atoms with Gasteiger partial charge in [-0.15, -0.1) is 23.1 Å². The molecule has 10 nitrogen and oxygen atoms in total. The van der Waals surface area contributed by atoms with Crippen LogP contribution in [0.15, 0.2) is 53.4 Å². The molecule has 4 rings (SSSR count). The zero-order valence-electron chi connectivity index (χ0n) is 26.6. The average molecular weight is 683 g/mol. The van der Waals surface area contributed by atoms with Crippen LogP contribution in [0.2, 0.25) is 0 Å². The van der Waals surface area contributed by atoms with E-state index < -0.39 is 22.9 Å². The first kappa shape index (κ1) is 34.9. The Hall–Kier alpha value is -3.94. The second-order valence-electron chi connectivity index (χ2n) is 11.6. The van der Waals surface area contributed by atoms with Gasteiger partial charge in [-0.25, -0.2) is 9.59 Å². The van der Waals surface area contributed by atoms with E-state index in [1.54, 1.807) is 29.2 Å². The van der Waals surface area contributed by atoms with Crippen LogP contribution in [-0.4, -0.2) is 58.3 Å². The van der Waals surface area contributed by atoms with Crippen LogP contribution in [0.3, 0.4) is 0 Å². The van der Waals surface area contributed by atoms with Crippen molar-refractivity contribution in [3.05, 3.63) is 70.1 Å². The number of methoxy groups -OCH3 is 1. The average Bonchev–Trinajstić information content (AvgIpc) is 3.35. The number of esters is 1. The molecule has 2 aromatic carbocycles. The normalized spacial score (nSPS) is 13.2. The van der Waals surface area contributed by atoms with Gasteiger partial charge in [0.15, 0.2) is 10.9 Å². The number of Topliss-reactive ketones (excluding diaryl/α,β-unsaturated/α-hetero) is 1. The van der Waals surface area contributed by atoms with Gasteiger partial charge in [0.05, 0.1) is 24.5 Å². The Bertz CT molecular complexity index is 1630. The number of rotatable bonds is 9. The first-order valence-corrected chi connectivity index (χ1v) is 16.9. The van der Waals surface area contributed by atoms with Crippen molar-refractivity contribution < 1.29 is 28.7 Å². The van der Waals surface area contributed by atoms with Crippen molar-refractivity contribution in [1.82, 2.24) is 4.90 Å². The maximum Gasteiger partial charge on any atom is 0.410 e. The Labute approximate surface area is 282 Å². The number of nitrogens with one attached hydrogen (secondary N) is 3. The molecule has 244 valence electrons. The van der Waals surface area contributed by atoms with E-state index in [4.69, 9.17) is 21.7 Å². The number of amides is 2. The summed E-state index contributed by atoms with van der Waals surface area (Å²) in [6, 6.07) is 14.6. The fourth-order valence-electron chi connectivity index (χ4n) is 4.70. The largest absolute Gasteiger partial charge is 0.465 e. The predicted molar refractivity (Wildman–Crippen MR) is 187 cm³/mol. The summed E-state index contributed by atoms with van der Waals surface area (Å²) in [6.45, 7) is 9.55. The Kier molecular flexibility index (Phi) is 11.5. The summed E-state index contributed by atoms with van der Waals surface area (Å²) in [5, 5.41) is 9.58. The van der Waals surface area contributed by atoms with Crippen LogP contribution in [0.5, 0.6) is 0 Å². The van der Waals surface area contributed by atoms with E-state index in [0.717, 1.165) is 26.7 Å². The number of hydrogen-bond donors (Lipinski definition) is 3. The summed E-state index contributed by atoms with van der Waals surface area (Å²) in [5.74, 6) is -0.784. The highest BCUT2D eigenvalue weighted by Gasteiger charge is 2.33. The lowest BCUT2D eigenvalue weighted by molar-refractivity contribution is -0.115. The number of ketones is 1. The minimum absolute atomic E-state index is 0.00863. The van der Waals surface area contributed by atoms with Gasteiger partial charge in [0.1, 0.15) is 10.6 Å². The molecule has 0 saturated heterocycles. The second-order valence-corrected chi connectivity index (χ2v) is 14.4. The van der Waals surface area contributed by atoms with Crippen molar-refractivity contribution in [2.45, 2.75) is 69.8 Å². The van der Waals surface area contributed by atoms with E-state index >= 15 is 0 Å². The number of nitrogens with zero attached hydrogens (tertiary/aromatic N) is 1. The third-order valence-electron chi connectivity index (χ3n) is 6.92. The first-order valence-electron chi connectivity index (χ1n) is 14.7. The molecule has 1 atom stereocenters. The van der Waals surface area contributed by atoms with Crippen molar-refractivity contribution >= 4 is 80.6 Å². The van der Waals surface area contributed by atoms with E-state index in [0.29, 0.717) is 40.6 Å². The van der Waals surface area contributed by atoms with Gasteiger partial charge in [-0.1, -0.05) is 13.0 Å². The van der Waals surface area contributed by atoms with Gasteiger partial charge < -0.3 is 30.3 Å². The number of benzene rings is 2. The molecule has 1 unspecified atom stereocenters. The van der Waals surface area contributed by atoms with E-state index in [2.05, 4.69) is 16.0 Å². The highest BCUT2D eigenvalue weighted by atomic mass is 32.2. The minimum atomic E-state index is -0.626. The molecular weight excluding hydrogens is 645 g/mol. The zero-order chi connectivity index (χ0) is 33.6. The molecule has 0 fully saturated rings. The highest BCUT2D eigenvalue weighted by molar-refractivity contribution is 8.00. The monoisotopic (exact) mass is 682 g/mol. The molecule has 0 radical (unpaired) electrons. The molecule has 3 N–H and O–H groups in total. The maximum atomic E-state index is 13.6. The van der Waals surface area contributed by atoms with Crippen molar-refractivity contribution in [1.29, 1.82) is 0 Å². The Balaban J connectivity index is 1.43. The SMILES string of the molecule is CCC(Sc1cccc(NC(=S)Nc2ccc(C(C)=O)cc2)c1)C(=O)Nc1sc2c(c1C(=O)OC)CCN(C(=O)OC(C)(C)C)C2. The minimum Gasteiger partial charge on any atom is -0.465 e. The summed E-state index contributed by atoms with van der Waals surface area (Å²) in [4.78, 5) is 53.9.